The first kappa shape index (κ1) is 10.1. The van der Waals surface area contributed by atoms with E-state index in [2.05, 4.69) is 5.92 Å². The molecule has 0 saturated heterocycles. The second-order valence-electron chi connectivity index (χ2n) is 2.98. The van der Waals surface area contributed by atoms with Gasteiger partial charge >= 0.3 is 5.97 Å². The molecular formula is C11H6O5. The fourth-order valence-electron chi connectivity index (χ4n) is 1.31. The number of carboxylic acids is 1. The van der Waals surface area contributed by atoms with Gasteiger partial charge in [-0.2, -0.15) is 0 Å². The van der Waals surface area contributed by atoms with Crippen LogP contribution in [0.3, 0.4) is 0 Å². The smallest absolute Gasteiger partial charge is 0.382 e. The summed E-state index contributed by atoms with van der Waals surface area (Å²) >= 11 is 0. The molecule has 0 spiro atoms. The number of rotatable bonds is 1. The van der Waals surface area contributed by atoms with Crippen molar-refractivity contribution >= 4 is 12.3 Å². The molecular weight excluding hydrogens is 212 g/mol. The zero-order chi connectivity index (χ0) is 11.5. The van der Waals surface area contributed by atoms with Crippen molar-refractivity contribution < 1.29 is 24.2 Å². The number of hydrogen-bond acceptors (Lipinski definition) is 4. The molecule has 0 fully saturated rings. The van der Waals surface area contributed by atoms with Crippen LogP contribution in [-0.4, -0.2) is 24.2 Å². The van der Waals surface area contributed by atoms with Crippen molar-refractivity contribution in [1.82, 2.24) is 0 Å². The summed E-state index contributed by atoms with van der Waals surface area (Å²) in [5.41, 5.74) is 0.693. The van der Waals surface area contributed by atoms with E-state index in [1.807, 2.05) is 5.92 Å². The molecule has 5 nitrogen and oxygen atoms in total. The van der Waals surface area contributed by atoms with Crippen LogP contribution in [0.5, 0.6) is 11.5 Å². The second kappa shape index (κ2) is 3.95. The van der Waals surface area contributed by atoms with Crippen LogP contribution < -0.4 is 9.47 Å². The largest absolute Gasteiger partial charge is 0.472 e. The van der Waals surface area contributed by atoms with Crippen molar-refractivity contribution in [3.8, 4) is 23.3 Å². The Morgan fingerprint density at radius 2 is 2.25 bits per heavy atom. The van der Waals surface area contributed by atoms with Crippen LogP contribution in [0.25, 0.3) is 0 Å². The number of fused-ring (bicyclic) bond motifs is 1. The molecule has 5 heteroatoms. The molecule has 0 radical (unpaired) electrons. The summed E-state index contributed by atoms with van der Waals surface area (Å²) in [6.45, 7) is 0.0411. The first-order valence-electron chi connectivity index (χ1n) is 4.34. The molecule has 1 N–H and O–H groups in total. The fourth-order valence-corrected chi connectivity index (χ4v) is 1.31. The predicted octanol–water partition coefficient (Wildman–Crippen LogP) is 0.664. The lowest BCUT2D eigenvalue weighted by Crippen LogP contribution is -1.94. The van der Waals surface area contributed by atoms with Crippen LogP contribution >= 0.6 is 0 Å². The Morgan fingerprint density at radius 3 is 2.94 bits per heavy atom. The van der Waals surface area contributed by atoms with Crippen LogP contribution in [0.2, 0.25) is 0 Å². The normalized spacial score (nSPS) is 11.5. The third-order valence-corrected chi connectivity index (χ3v) is 1.94. The molecule has 0 aliphatic carbocycles. The minimum absolute atomic E-state index is 0.0411. The van der Waals surface area contributed by atoms with Gasteiger partial charge in [-0.15, -0.1) is 0 Å². The Labute approximate surface area is 90.6 Å². The summed E-state index contributed by atoms with van der Waals surface area (Å²) in [4.78, 5) is 20.9. The standard InChI is InChI=1S/C11H6O5/c12-5-7-3-8(1-2-10(13)14)11-9(4-7)15-6-16-11/h3-5H,6H2,(H,13,14). The lowest BCUT2D eigenvalue weighted by molar-refractivity contribution is -0.130. The average Bonchev–Trinajstić information content (AvgIpc) is 2.73. The predicted molar refractivity (Wildman–Crippen MR) is 52.5 cm³/mol. The molecule has 1 heterocycles. The highest BCUT2D eigenvalue weighted by atomic mass is 16.7. The summed E-state index contributed by atoms with van der Waals surface area (Å²) in [6, 6.07) is 2.97. The molecule has 1 aliphatic heterocycles. The molecule has 0 amide bonds. The summed E-state index contributed by atoms with van der Waals surface area (Å²) < 4.78 is 10.2. The molecule has 80 valence electrons. The molecule has 1 aromatic carbocycles. The first-order chi connectivity index (χ1) is 7.70. The number of hydrogen-bond donors (Lipinski definition) is 1. The molecule has 16 heavy (non-hydrogen) atoms. The average molecular weight is 218 g/mol. The number of carboxylic acid groups (broad SMARTS) is 1. The van der Waals surface area contributed by atoms with Gasteiger partial charge in [-0.1, -0.05) is 5.92 Å². The van der Waals surface area contributed by atoms with Crippen LogP contribution in [0.4, 0.5) is 0 Å². The Balaban J connectivity index is 2.52. The third kappa shape index (κ3) is 1.81. The molecule has 0 atom stereocenters. The lowest BCUT2D eigenvalue weighted by Gasteiger charge is -1.99. The van der Waals surface area contributed by atoms with Gasteiger partial charge in [0.25, 0.3) is 0 Å². The van der Waals surface area contributed by atoms with Crippen molar-refractivity contribution in [2.75, 3.05) is 6.79 Å². The van der Waals surface area contributed by atoms with E-state index in [0.717, 1.165) is 0 Å². The highest BCUT2D eigenvalue weighted by Crippen LogP contribution is 2.36. The maximum Gasteiger partial charge on any atom is 0.382 e. The van der Waals surface area contributed by atoms with E-state index in [4.69, 9.17) is 14.6 Å². The quantitative estimate of drug-likeness (QED) is 0.553. The molecule has 1 aliphatic rings. The summed E-state index contributed by atoms with van der Waals surface area (Å²) in [5.74, 6) is 3.89. The van der Waals surface area contributed by atoms with E-state index in [9.17, 15) is 9.59 Å². The highest BCUT2D eigenvalue weighted by Gasteiger charge is 2.18. The fraction of sp³-hybridized carbons (Fsp3) is 0.0909. The van der Waals surface area contributed by atoms with Gasteiger partial charge in [0.05, 0.1) is 5.56 Å². The number of carbonyl (C=O) groups is 2. The van der Waals surface area contributed by atoms with Gasteiger partial charge in [0.2, 0.25) is 6.79 Å². The van der Waals surface area contributed by atoms with Crippen molar-refractivity contribution in [2.24, 2.45) is 0 Å². The molecule has 0 aromatic heterocycles. The van der Waals surface area contributed by atoms with Crippen LogP contribution in [-0.2, 0) is 4.79 Å². The van der Waals surface area contributed by atoms with Crippen LogP contribution in [0.1, 0.15) is 15.9 Å². The Morgan fingerprint density at radius 1 is 1.44 bits per heavy atom. The van der Waals surface area contributed by atoms with Gasteiger partial charge in [0, 0.05) is 11.5 Å². The van der Waals surface area contributed by atoms with Gasteiger partial charge in [-0.05, 0) is 12.1 Å². The maximum atomic E-state index is 10.6. The van der Waals surface area contributed by atoms with E-state index in [0.29, 0.717) is 28.9 Å². The molecule has 0 bridgehead atoms. The van der Waals surface area contributed by atoms with Gasteiger partial charge in [-0.25, -0.2) is 4.79 Å². The lowest BCUT2D eigenvalue weighted by atomic mass is 10.1. The number of aliphatic carboxylic acids is 1. The first-order valence-corrected chi connectivity index (χ1v) is 4.34. The van der Waals surface area contributed by atoms with E-state index >= 15 is 0 Å². The van der Waals surface area contributed by atoms with E-state index in [-0.39, 0.29) is 6.79 Å². The summed E-state index contributed by atoms with van der Waals surface area (Å²) in [6.07, 6.45) is 0.633. The van der Waals surface area contributed by atoms with Crippen LogP contribution in [0, 0.1) is 11.8 Å². The van der Waals surface area contributed by atoms with E-state index in [1.54, 1.807) is 0 Å². The minimum Gasteiger partial charge on any atom is -0.472 e. The number of aldehydes is 1. The highest BCUT2D eigenvalue weighted by molar-refractivity contribution is 5.88. The zero-order valence-corrected chi connectivity index (χ0v) is 8.02. The van der Waals surface area contributed by atoms with Gasteiger partial charge in [-0.3, -0.25) is 4.79 Å². The van der Waals surface area contributed by atoms with Gasteiger partial charge < -0.3 is 14.6 Å². The Kier molecular flexibility index (Phi) is 2.48. The number of ether oxygens (including phenoxy) is 2. The molecule has 2 rings (SSSR count). The van der Waals surface area contributed by atoms with Crippen LogP contribution in [0.15, 0.2) is 12.1 Å². The van der Waals surface area contributed by atoms with Crippen molar-refractivity contribution in [3.63, 3.8) is 0 Å². The molecule has 0 saturated carbocycles. The second-order valence-corrected chi connectivity index (χ2v) is 2.98. The van der Waals surface area contributed by atoms with Gasteiger partial charge in [0.15, 0.2) is 11.5 Å². The van der Waals surface area contributed by atoms with Crippen molar-refractivity contribution in [3.05, 3.63) is 23.3 Å². The topological polar surface area (TPSA) is 72.8 Å². The number of benzene rings is 1. The monoisotopic (exact) mass is 218 g/mol. The Hall–Kier alpha value is -2.48. The number of carbonyl (C=O) groups excluding carboxylic acids is 1. The van der Waals surface area contributed by atoms with Crippen molar-refractivity contribution in [2.45, 2.75) is 0 Å². The third-order valence-electron chi connectivity index (χ3n) is 1.94. The van der Waals surface area contributed by atoms with E-state index in [1.165, 1.54) is 12.1 Å². The Bertz CT molecular complexity index is 521. The summed E-state index contributed by atoms with van der Waals surface area (Å²) in [5, 5.41) is 8.43. The minimum atomic E-state index is -1.25. The van der Waals surface area contributed by atoms with Gasteiger partial charge in [0.1, 0.15) is 6.29 Å². The SMILES string of the molecule is O=Cc1cc(C#CC(=O)O)c2c(c1)OCO2. The maximum absolute atomic E-state index is 10.6. The molecule has 0 unspecified atom stereocenters. The zero-order valence-electron chi connectivity index (χ0n) is 8.02. The van der Waals surface area contributed by atoms with E-state index < -0.39 is 5.97 Å². The summed E-state index contributed by atoms with van der Waals surface area (Å²) in [7, 11) is 0. The molecule has 1 aromatic rings. The van der Waals surface area contributed by atoms with Crippen molar-refractivity contribution in [1.29, 1.82) is 0 Å².